The smallest absolute Gasteiger partial charge is 0.345 e. The van der Waals surface area contributed by atoms with Crippen molar-refractivity contribution in [3.05, 3.63) is 39.9 Å². The van der Waals surface area contributed by atoms with Crippen LogP contribution in [-0.2, 0) is 15.8 Å². The minimum Gasteiger partial charge on any atom is -0.477 e. The zero-order valence-electron chi connectivity index (χ0n) is 13.0. The van der Waals surface area contributed by atoms with E-state index in [0.29, 0.717) is 10.6 Å². The van der Waals surface area contributed by atoms with Crippen LogP contribution in [0.3, 0.4) is 0 Å². The first kappa shape index (κ1) is 17.6. The topological polar surface area (TPSA) is 121 Å². The zero-order valence-corrected chi connectivity index (χ0v) is 14.6. The summed E-state index contributed by atoms with van der Waals surface area (Å²) < 4.78 is 30.7. The van der Waals surface area contributed by atoms with Crippen LogP contribution in [0.5, 0.6) is 0 Å². The number of amides is 1. The van der Waals surface area contributed by atoms with Gasteiger partial charge in [0.15, 0.2) is 0 Å². The molecule has 0 radical (unpaired) electrons. The molecule has 3 rings (SSSR count). The van der Waals surface area contributed by atoms with Gasteiger partial charge in [0.05, 0.1) is 10.6 Å². The number of aromatic carboxylic acids is 1. The molecule has 2 aromatic heterocycles. The largest absolute Gasteiger partial charge is 0.477 e. The second-order valence-electron chi connectivity index (χ2n) is 5.41. The van der Waals surface area contributed by atoms with Crippen LogP contribution in [0.25, 0.3) is 0 Å². The van der Waals surface area contributed by atoms with Gasteiger partial charge in [0, 0.05) is 32.2 Å². The van der Waals surface area contributed by atoms with Gasteiger partial charge in [0.1, 0.15) is 16.9 Å². The number of aromatic nitrogens is 1. The third-order valence-electron chi connectivity index (χ3n) is 3.77. The molecular formula is C14H15N3O6S2. The van der Waals surface area contributed by atoms with Crippen molar-refractivity contribution in [1.82, 2.24) is 14.4 Å². The van der Waals surface area contributed by atoms with Gasteiger partial charge in [-0.1, -0.05) is 5.16 Å². The number of carboxylic acid groups (broad SMARTS) is 1. The van der Waals surface area contributed by atoms with Gasteiger partial charge >= 0.3 is 5.97 Å². The molecule has 0 spiro atoms. The van der Waals surface area contributed by atoms with Crippen molar-refractivity contribution in [3.63, 3.8) is 0 Å². The van der Waals surface area contributed by atoms with E-state index in [1.165, 1.54) is 33.7 Å². The monoisotopic (exact) mass is 385 g/mol. The van der Waals surface area contributed by atoms with E-state index in [0.717, 1.165) is 11.3 Å². The Morgan fingerprint density at radius 1 is 1.16 bits per heavy atom. The number of hydrogen-bond donors (Lipinski definition) is 1. The number of nitrogens with zero attached hydrogens (tertiary/aromatic N) is 3. The molecule has 1 aliphatic rings. The van der Waals surface area contributed by atoms with Gasteiger partial charge in [-0.3, -0.25) is 4.79 Å². The summed E-state index contributed by atoms with van der Waals surface area (Å²) in [6.07, 6.45) is 1.31. The fourth-order valence-electron chi connectivity index (χ4n) is 2.48. The highest BCUT2D eigenvalue weighted by atomic mass is 32.2. The Hall–Kier alpha value is -2.24. The number of carboxylic acids is 1. The normalized spacial score (nSPS) is 16.1. The maximum Gasteiger partial charge on any atom is 0.345 e. The predicted octanol–water partition coefficient (Wildman–Crippen LogP) is 0.722. The summed E-state index contributed by atoms with van der Waals surface area (Å²) in [7, 11) is -3.53. The molecule has 9 nitrogen and oxygen atoms in total. The van der Waals surface area contributed by atoms with E-state index in [-0.39, 0.29) is 42.7 Å². The van der Waals surface area contributed by atoms with Crippen LogP contribution in [0.4, 0.5) is 0 Å². The Morgan fingerprint density at radius 3 is 2.40 bits per heavy atom. The first-order valence-corrected chi connectivity index (χ1v) is 9.79. The lowest BCUT2D eigenvalue weighted by Gasteiger charge is -2.33. The maximum absolute atomic E-state index is 12.4. The molecule has 3 heterocycles. The van der Waals surface area contributed by atoms with E-state index >= 15 is 0 Å². The molecule has 25 heavy (non-hydrogen) atoms. The first-order chi connectivity index (χ1) is 11.9. The van der Waals surface area contributed by atoms with Crippen molar-refractivity contribution in [1.29, 1.82) is 0 Å². The highest BCUT2D eigenvalue weighted by Gasteiger charge is 2.30. The van der Waals surface area contributed by atoms with Gasteiger partial charge in [-0.15, -0.1) is 11.3 Å². The molecule has 2 aromatic rings. The minimum atomic E-state index is -3.53. The van der Waals surface area contributed by atoms with Gasteiger partial charge < -0.3 is 14.5 Å². The average Bonchev–Trinajstić information content (AvgIpc) is 3.25. The van der Waals surface area contributed by atoms with E-state index < -0.39 is 16.0 Å². The van der Waals surface area contributed by atoms with Crippen LogP contribution in [0, 0.1) is 0 Å². The molecule has 0 bridgehead atoms. The van der Waals surface area contributed by atoms with Crippen LogP contribution >= 0.6 is 11.3 Å². The summed E-state index contributed by atoms with van der Waals surface area (Å²) in [5, 5.41) is 12.5. The maximum atomic E-state index is 12.4. The Kier molecular flexibility index (Phi) is 4.88. The molecule has 11 heteroatoms. The van der Waals surface area contributed by atoms with Crippen LogP contribution in [0.2, 0.25) is 0 Å². The standard InChI is InChI=1S/C14H15N3O6S2/c18-13(11-1-2-12(24-11)14(19)20)16-4-6-17(7-5-16)25(21,22)9-10-3-8-23-15-10/h1-3,8H,4-7,9H2,(H,19,20). The quantitative estimate of drug-likeness (QED) is 0.805. The molecule has 1 N–H and O–H groups in total. The molecule has 0 aliphatic carbocycles. The Labute approximate surface area is 147 Å². The third kappa shape index (κ3) is 3.89. The van der Waals surface area contributed by atoms with E-state index in [1.54, 1.807) is 0 Å². The van der Waals surface area contributed by atoms with Crippen molar-refractivity contribution in [2.24, 2.45) is 0 Å². The van der Waals surface area contributed by atoms with Gasteiger partial charge in [-0.2, -0.15) is 4.31 Å². The van der Waals surface area contributed by atoms with Crippen molar-refractivity contribution < 1.29 is 27.6 Å². The number of thiophene rings is 1. The number of hydrogen-bond acceptors (Lipinski definition) is 7. The lowest BCUT2D eigenvalue weighted by atomic mass is 10.3. The summed E-state index contributed by atoms with van der Waals surface area (Å²) in [5.41, 5.74) is 0.332. The lowest BCUT2D eigenvalue weighted by Crippen LogP contribution is -2.50. The summed E-state index contributed by atoms with van der Waals surface area (Å²) >= 11 is 0.911. The van der Waals surface area contributed by atoms with Gasteiger partial charge in [0.25, 0.3) is 5.91 Å². The Morgan fingerprint density at radius 2 is 1.84 bits per heavy atom. The molecule has 1 amide bonds. The van der Waals surface area contributed by atoms with Gasteiger partial charge in [-0.05, 0) is 12.1 Å². The molecule has 0 unspecified atom stereocenters. The molecule has 1 fully saturated rings. The fraction of sp³-hybridized carbons (Fsp3) is 0.357. The van der Waals surface area contributed by atoms with Crippen LogP contribution in [0.15, 0.2) is 29.0 Å². The number of carbonyl (C=O) groups is 2. The van der Waals surface area contributed by atoms with E-state index in [2.05, 4.69) is 9.68 Å². The van der Waals surface area contributed by atoms with Crippen molar-refractivity contribution in [3.8, 4) is 0 Å². The average molecular weight is 385 g/mol. The number of sulfonamides is 1. The first-order valence-electron chi connectivity index (χ1n) is 7.36. The summed E-state index contributed by atoms with van der Waals surface area (Å²) in [6.45, 7) is 0.862. The van der Waals surface area contributed by atoms with Crippen molar-refractivity contribution in [2.45, 2.75) is 5.75 Å². The number of carbonyl (C=O) groups excluding carboxylic acids is 1. The molecule has 0 aromatic carbocycles. The molecule has 134 valence electrons. The zero-order chi connectivity index (χ0) is 18.0. The highest BCUT2D eigenvalue weighted by molar-refractivity contribution is 7.88. The predicted molar refractivity (Wildman–Crippen MR) is 87.9 cm³/mol. The summed E-state index contributed by atoms with van der Waals surface area (Å²) in [4.78, 5) is 25.3. The highest BCUT2D eigenvalue weighted by Crippen LogP contribution is 2.20. The van der Waals surface area contributed by atoms with E-state index in [1.807, 2.05) is 0 Å². The second-order valence-corrected chi connectivity index (χ2v) is 8.46. The molecular weight excluding hydrogens is 370 g/mol. The SMILES string of the molecule is O=C(O)c1ccc(C(=O)N2CCN(S(=O)(=O)Cc3ccon3)CC2)s1. The molecule has 1 saturated heterocycles. The fourth-order valence-corrected chi connectivity index (χ4v) is 4.72. The summed E-state index contributed by atoms with van der Waals surface area (Å²) in [6, 6.07) is 4.36. The van der Waals surface area contributed by atoms with Gasteiger partial charge in [0.2, 0.25) is 10.0 Å². The molecule has 1 aliphatic heterocycles. The third-order valence-corrected chi connectivity index (χ3v) is 6.64. The van der Waals surface area contributed by atoms with Crippen molar-refractivity contribution >= 4 is 33.2 Å². The van der Waals surface area contributed by atoms with Gasteiger partial charge in [-0.25, -0.2) is 13.2 Å². The Bertz CT molecular complexity index is 866. The van der Waals surface area contributed by atoms with Crippen LogP contribution in [-0.4, -0.2) is 65.9 Å². The second kappa shape index (κ2) is 6.94. The molecule has 0 atom stereocenters. The van der Waals surface area contributed by atoms with E-state index in [4.69, 9.17) is 5.11 Å². The summed E-state index contributed by atoms with van der Waals surface area (Å²) in [5.74, 6) is -1.61. The van der Waals surface area contributed by atoms with Crippen molar-refractivity contribution in [2.75, 3.05) is 26.2 Å². The Balaban J connectivity index is 1.61. The van der Waals surface area contributed by atoms with Crippen LogP contribution < -0.4 is 0 Å². The van der Waals surface area contributed by atoms with E-state index in [9.17, 15) is 18.0 Å². The number of rotatable bonds is 5. The van der Waals surface area contributed by atoms with Crippen LogP contribution in [0.1, 0.15) is 25.0 Å². The minimum absolute atomic E-state index is 0.0946. The number of piperazine rings is 1. The lowest BCUT2D eigenvalue weighted by molar-refractivity contribution is 0.0696. The molecule has 0 saturated carbocycles.